The molecule has 0 bridgehead atoms. The summed E-state index contributed by atoms with van der Waals surface area (Å²) in [5, 5.41) is 12.4. The maximum absolute atomic E-state index is 13.0. The number of halogens is 3. The largest absolute Gasteiger partial charge is 0.433 e. The number of fused-ring (bicyclic) bond motifs is 2. The number of aromatic nitrogens is 5. The first-order chi connectivity index (χ1) is 25.6. The monoisotopic (exact) mass is 725 g/mol. The van der Waals surface area contributed by atoms with Crippen LogP contribution in [0.25, 0.3) is 21.7 Å². The number of nitrogens with zero attached hydrogens (tertiary/aromatic N) is 7. The van der Waals surface area contributed by atoms with E-state index < -0.39 is 23.8 Å². The number of carbonyl (C=O) groups excluding carboxylic acids is 3. The molecule has 0 radical (unpaired) electrons. The Balaban J connectivity index is 0.827. The van der Waals surface area contributed by atoms with Crippen LogP contribution in [0.3, 0.4) is 0 Å². The van der Waals surface area contributed by atoms with Gasteiger partial charge in [-0.05, 0) is 93.3 Å². The number of anilines is 2. The van der Waals surface area contributed by atoms with E-state index in [9.17, 15) is 27.6 Å². The molecule has 274 valence electrons. The second kappa shape index (κ2) is 14.2. The molecule has 0 atom stereocenters. The highest BCUT2D eigenvalue weighted by Crippen LogP contribution is 2.37. The smallest absolute Gasteiger partial charge is 0.305 e. The van der Waals surface area contributed by atoms with Crippen LogP contribution in [0.4, 0.5) is 29.5 Å². The zero-order chi connectivity index (χ0) is 36.7. The number of rotatable bonds is 7. The van der Waals surface area contributed by atoms with Gasteiger partial charge >= 0.3 is 12.2 Å². The van der Waals surface area contributed by atoms with Crippen molar-refractivity contribution in [3.63, 3.8) is 0 Å². The highest BCUT2D eigenvalue weighted by atomic mass is 19.4. The molecule has 12 nitrogen and oxygen atoms in total. The number of hydrogen-bond donors (Lipinski definition) is 2. The Morgan fingerprint density at radius 3 is 2.51 bits per heavy atom. The van der Waals surface area contributed by atoms with Crippen LogP contribution in [-0.4, -0.2) is 73.7 Å². The van der Waals surface area contributed by atoms with Crippen LogP contribution in [0.2, 0.25) is 0 Å². The Morgan fingerprint density at radius 1 is 0.925 bits per heavy atom. The summed E-state index contributed by atoms with van der Waals surface area (Å²) in [5.41, 5.74) is 1.21. The van der Waals surface area contributed by atoms with Crippen molar-refractivity contribution < 1.29 is 27.6 Å². The van der Waals surface area contributed by atoms with E-state index in [1.807, 2.05) is 17.1 Å². The van der Waals surface area contributed by atoms with Gasteiger partial charge in [0, 0.05) is 48.1 Å². The number of hydrogen-bond acceptors (Lipinski definition) is 8. The predicted octanol–water partition coefficient (Wildman–Crippen LogP) is 6.70. The van der Waals surface area contributed by atoms with Gasteiger partial charge in [0.2, 0.25) is 5.91 Å². The van der Waals surface area contributed by atoms with Crippen molar-refractivity contribution in [1.29, 1.82) is 0 Å². The standard InChI is InChI=1S/C38H38F3N9O3/c39-38(40,41)33-3-1-2-30(44-33)36(52)45-34-17-27-22-50(47-31(27)19-43-34)28-7-4-23(5-8-28)21-48-13-10-24(11-14-48)25-6-9-29-26(16-25)18-42-20-32(29)49-15-12-35(51)46-37(49)53/h1-3,6,9,16-20,22-24,28H,4-5,7-8,10-15,21H2,(H,45,52)(H,46,51,53)/t23-,28-. The minimum Gasteiger partial charge on any atom is -0.305 e. The fraction of sp³-hybridized carbons (Fsp3) is 0.395. The minimum absolute atomic E-state index is 0.212. The third kappa shape index (κ3) is 7.43. The lowest BCUT2D eigenvalue weighted by Gasteiger charge is -2.37. The summed E-state index contributed by atoms with van der Waals surface area (Å²) in [6.45, 7) is 3.51. The summed E-state index contributed by atoms with van der Waals surface area (Å²) < 4.78 is 41.1. The highest BCUT2D eigenvalue weighted by Gasteiger charge is 2.33. The van der Waals surface area contributed by atoms with Crippen LogP contribution >= 0.6 is 0 Å². The van der Waals surface area contributed by atoms with Gasteiger partial charge in [-0.2, -0.15) is 18.3 Å². The molecule has 53 heavy (non-hydrogen) atoms. The number of nitrogens with one attached hydrogen (secondary N) is 2. The average molecular weight is 726 g/mol. The number of piperidine rings is 1. The molecular formula is C38H38F3N9O3. The van der Waals surface area contributed by atoms with E-state index in [-0.39, 0.29) is 29.9 Å². The quantitative estimate of drug-likeness (QED) is 0.189. The highest BCUT2D eigenvalue weighted by molar-refractivity contribution is 6.09. The lowest BCUT2D eigenvalue weighted by atomic mass is 9.84. The molecule has 2 saturated heterocycles. The zero-order valence-corrected chi connectivity index (χ0v) is 28.9. The predicted molar refractivity (Wildman–Crippen MR) is 191 cm³/mol. The molecule has 2 aliphatic heterocycles. The Morgan fingerprint density at radius 2 is 1.74 bits per heavy atom. The normalized spacial score (nSPS) is 20.5. The molecule has 6 heterocycles. The summed E-state index contributed by atoms with van der Waals surface area (Å²) in [4.78, 5) is 53.0. The van der Waals surface area contributed by atoms with Gasteiger partial charge in [0.15, 0.2) is 0 Å². The molecule has 2 N–H and O–H groups in total. The molecule has 15 heteroatoms. The Kier molecular flexibility index (Phi) is 9.27. The molecule has 1 aromatic carbocycles. The van der Waals surface area contributed by atoms with E-state index in [0.717, 1.165) is 86.5 Å². The summed E-state index contributed by atoms with van der Waals surface area (Å²) >= 11 is 0. The molecule has 4 amide bonds. The Labute approximate surface area is 302 Å². The number of carbonyl (C=O) groups is 3. The van der Waals surface area contributed by atoms with E-state index in [1.54, 1.807) is 23.4 Å². The van der Waals surface area contributed by atoms with Crippen molar-refractivity contribution in [2.24, 2.45) is 5.92 Å². The lowest BCUT2D eigenvalue weighted by Crippen LogP contribution is -2.49. The van der Waals surface area contributed by atoms with Crippen molar-refractivity contribution in [3.05, 3.63) is 84.2 Å². The Hall–Kier alpha value is -5.44. The fourth-order valence-electron chi connectivity index (χ4n) is 7.95. The summed E-state index contributed by atoms with van der Waals surface area (Å²) in [6, 6.07) is 11.2. The van der Waals surface area contributed by atoms with Gasteiger partial charge in [-0.1, -0.05) is 18.2 Å². The van der Waals surface area contributed by atoms with Gasteiger partial charge in [0.25, 0.3) is 5.91 Å². The van der Waals surface area contributed by atoms with E-state index in [1.165, 1.54) is 11.6 Å². The first-order valence-corrected chi connectivity index (χ1v) is 18.0. The van der Waals surface area contributed by atoms with Crippen LogP contribution in [0.5, 0.6) is 0 Å². The number of benzene rings is 1. The molecule has 3 fully saturated rings. The number of pyridine rings is 3. The van der Waals surface area contributed by atoms with Crippen molar-refractivity contribution >= 4 is 51.0 Å². The van der Waals surface area contributed by atoms with E-state index in [2.05, 4.69) is 48.7 Å². The maximum atomic E-state index is 13.0. The third-order valence-corrected chi connectivity index (χ3v) is 10.8. The van der Waals surface area contributed by atoms with Crippen molar-refractivity contribution in [2.45, 2.75) is 63.1 Å². The molecule has 3 aliphatic rings. The van der Waals surface area contributed by atoms with Gasteiger partial charge in [-0.3, -0.25) is 29.5 Å². The van der Waals surface area contributed by atoms with E-state index >= 15 is 0 Å². The van der Waals surface area contributed by atoms with Crippen molar-refractivity contribution in [3.8, 4) is 0 Å². The van der Waals surface area contributed by atoms with Crippen LogP contribution in [0.1, 0.15) is 78.7 Å². The van der Waals surface area contributed by atoms with Gasteiger partial charge in [0.05, 0.1) is 24.1 Å². The molecule has 1 aliphatic carbocycles. The average Bonchev–Trinajstić information content (AvgIpc) is 3.58. The molecule has 4 aromatic heterocycles. The number of imide groups is 1. The molecule has 1 saturated carbocycles. The molecular weight excluding hydrogens is 687 g/mol. The molecule has 5 aromatic rings. The SMILES string of the molecule is O=C1CCN(c2cncc3cc(C4CCN(C[C@H]5CC[C@H](n6cc7cc(NC(=O)c8cccc(C(F)(F)F)n8)ncc7n6)CC5)CC4)ccc23)C(=O)N1. The fourth-order valence-corrected chi connectivity index (χ4v) is 7.95. The second-order valence-electron chi connectivity index (χ2n) is 14.2. The molecule has 0 spiro atoms. The maximum Gasteiger partial charge on any atom is 0.433 e. The van der Waals surface area contributed by atoms with Crippen LogP contribution in [-0.2, 0) is 11.0 Å². The number of alkyl halides is 3. The van der Waals surface area contributed by atoms with Crippen LogP contribution in [0.15, 0.2) is 67.3 Å². The van der Waals surface area contributed by atoms with Gasteiger partial charge in [0.1, 0.15) is 22.7 Å². The number of likely N-dealkylation sites (tertiary alicyclic amines) is 1. The van der Waals surface area contributed by atoms with E-state index in [0.29, 0.717) is 29.6 Å². The van der Waals surface area contributed by atoms with Gasteiger partial charge in [-0.25, -0.2) is 14.8 Å². The first-order valence-electron chi connectivity index (χ1n) is 18.0. The van der Waals surface area contributed by atoms with E-state index in [4.69, 9.17) is 5.10 Å². The summed E-state index contributed by atoms with van der Waals surface area (Å²) in [5.74, 6) is 0.258. The Bertz CT molecular complexity index is 2190. The first kappa shape index (κ1) is 34.6. The summed E-state index contributed by atoms with van der Waals surface area (Å²) in [6.07, 6.45) is 9.04. The van der Waals surface area contributed by atoms with Gasteiger partial charge in [-0.15, -0.1) is 0 Å². The van der Waals surface area contributed by atoms with Crippen molar-refractivity contribution in [1.82, 2.24) is 34.9 Å². The van der Waals surface area contributed by atoms with Crippen LogP contribution < -0.4 is 15.5 Å². The summed E-state index contributed by atoms with van der Waals surface area (Å²) in [7, 11) is 0. The van der Waals surface area contributed by atoms with Crippen molar-refractivity contribution in [2.75, 3.05) is 36.4 Å². The zero-order valence-electron chi connectivity index (χ0n) is 28.9. The second-order valence-corrected chi connectivity index (χ2v) is 14.2. The van der Waals surface area contributed by atoms with Gasteiger partial charge < -0.3 is 10.2 Å². The number of amides is 4. The molecule has 0 unspecified atom stereocenters. The van der Waals surface area contributed by atoms with Crippen LogP contribution in [0, 0.1) is 5.92 Å². The third-order valence-electron chi connectivity index (χ3n) is 10.8. The lowest BCUT2D eigenvalue weighted by molar-refractivity contribution is -0.141. The number of urea groups is 1. The topological polar surface area (TPSA) is 138 Å². The minimum atomic E-state index is -4.65. The molecule has 8 rings (SSSR count).